The fourth-order valence-electron chi connectivity index (χ4n) is 2.76. The van der Waals surface area contributed by atoms with E-state index in [4.69, 9.17) is 10.5 Å². The Kier molecular flexibility index (Phi) is 2.91. The van der Waals surface area contributed by atoms with Gasteiger partial charge in [-0.05, 0) is 36.3 Å². The molecule has 4 heteroatoms. The zero-order valence-corrected chi connectivity index (χ0v) is 12.8. The van der Waals surface area contributed by atoms with Crippen LogP contribution in [0.25, 0.3) is 0 Å². The molecular formula is C16H18NO2P. The highest BCUT2D eigenvalue weighted by molar-refractivity contribution is 7.78. The van der Waals surface area contributed by atoms with Crippen LogP contribution in [0.2, 0.25) is 0 Å². The van der Waals surface area contributed by atoms with Gasteiger partial charge in [0.05, 0.1) is 10.6 Å². The minimum atomic E-state index is -2.72. The molecule has 1 aliphatic heterocycles. The first-order valence-electron chi connectivity index (χ1n) is 6.71. The second-order valence-corrected chi connectivity index (χ2v) is 8.34. The van der Waals surface area contributed by atoms with E-state index >= 15 is 0 Å². The lowest BCUT2D eigenvalue weighted by Gasteiger charge is -2.28. The molecule has 0 saturated heterocycles. The largest absolute Gasteiger partial charge is 0.456 e. The molecule has 1 aliphatic rings. The summed E-state index contributed by atoms with van der Waals surface area (Å²) in [6.45, 7) is 5.93. The van der Waals surface area contributed by atoms with Crippen molar-refractivity contribution in [3.05, 3.63) is 42.0 Å². The third-order valence-corrected chi connectivity index (χ3v) is 6.41. The molecule has 0 aliphatic carbocycles. The summed E-state index contributed by atoms with van der Waals surface area (Å²) in [5.74, 6) is 1.58. The van der Waals surface area contributed by atoms with Crippen LogP contribution in [0.1, 0.15) is 25.3 Å². The van der Waals surface area contributed by atoms with E-state index in [0.29, 0.717) is 22.5 Å². The molecule has 0 amide bonds. The predicted octanol–water partition coefficient (Wildman–Crippen LogP) is 3.44. The molecule has 104 valence electrons. The molecule has 0 aromatic heterocycles. The number of rotatable bonds is 1. The van der Waals surface area contributed by atoms with E-state index in [1.54, 1.807) is 6.66 Å². The Morgan fingerprint density at radius 3 is 2.50 bits per heavy atom. The van der Waals surface area contributed by atoms with Crippen molar-refractivity contribution in [2.75, 3.05) is 12.4 Å². The number of nitrogen functional groups attached to an aromatic ring is 1. The standard InChI is InChI=1S/C16H18NO2P/c1-10(2)11-8-9-13-16(15(11)17)20(3,18)14-7-5-4-6-12(14)19-13/h4-10H,17H2,1-3H3. The molecule has 20 heavy (non-hydrogen) atoms. The lowest BCUT2D eigenvalue weighted by molar-refractivity contribution is 0.485. The van der Waals surface area contributed by atoms with Crippen LogP contribution in [0.5, 0.6) is 11.5 Å². The highest BCUT2D eigenvalue weighted by Gasteiger charge is 2.35. The Bertz CT molecular complexity index is 737. The first kappa shape index (κ1) is 13.3. The molecule has 0 saturated carbocycles. The van der Waals surface area contributed by atoms with Gasteiger partial charge >= 0.3 is 0 Å². The van der Waals surface area contributed by atoms with Crippen LogP contribution in [0.4, 0.5) is 5.69 Å². The molecule has 0 bridgehead atoms. The highest BCUT2D eigenvalue weighted by Crippen LogP contribution is 2.51. The van der Waals surface area contributed by atoms with Crippen molar-refractivity contribution in [2.45, 2.75) is 19.8 Å². The summed E-state index contributed by atoms with van der Waals surface area (Å²) >= 11 is 0. The normalized spacial score (nSPS) is 20.2. The van der Waals surface area contributed by atoms with Gasteiger partial charge in [0.15, 0.2) is 0 Å². The molecular weight excluding hydrogens is 269 g/mol. The molecule has 2 aromatic rings. The van der Waals surface area contributed by atoms with E-state index in [1.807, 2.05) is 36.4 Å². The Hall–Kier alpha value is -1.73. The lowest BCUT2D eigenvalue weighted by Crippen LogP contribution is -2.27. The number of nitrogens with two attached hydrogens (primary N) is 1. The second kappa shape index (κ2) is 4.39. The van der Waals surface area contributed by atoms with Gasteiger partial charge in [-0.2, -0.15) is 0 Å². The van der Waals surface area contributed by atoms with E-state index in [9.17, 15) is 4.57 Å². The number of ether oxygens (including phenoxy) is 1. The second-order valence-electron chi connectivity index (χ2n) is 5.56. The smallest absolute Gasteiger partial charge is 0.149 e. The number of benzene rings is 2. The van der Waals surface area contributed by atoms with Gasteiger partial charge in [-0.15, -0.1) is 0 Å². The Labute approximate surface area is 119 Å². The molecule has 2 N–H and O–H groups in total. The van der Waals surface area contributed by atoms with Crippen molar-refractivity contribution in [3.8, 4) is 11.5 Å². The zero-order valence-electron chi connectivity index (χ0n) is 11.9. The highest BCUT2D eigenvalue weighted by atomic mass is 31.2. The van der Waals surface area contributed by atoms with Crippen LogP contribution in [-0.2, 0) is 4.57 Å². The monoisotopic (exact) mass is 287 g/mol. The predicted molar refractivity (Wildman–Crippen MR) is 84.3 cm³/mol. The summed E-state index contributed by atoms with van der Waals surface area (Å²) in [5, 5.41) is 1.42. The summed E-state index contributed by atoms with van der Waals surface area (Å²) in [5.41, 5.74) is 7.92. The zero-order chi connectivity index (χ0) is 14.5. The summed E-state index contributed by atoms with van der Waals surface area (Å²) in [4.78, 5) is 0. The quantitative estimate of drug-likeness (QED) is 0.645. The van der Waals surface area contributed by atoms with Gasteiger partial charge in [-0.3, -0.25) is 0 Å². The molecule has 0 radical (unpaired) electrons. The Balaban J connectivity index is 2.31. The van der Waals surface area contributed by atoms with Gasteiger partial charge in [0.2, 0.25) is 0 Å². The minimum absolute atomic E-state index is 0.289. The first-order chi connectivity index (χ1) is 9.43. The summed E-state index contributed by atoms with van der Waals surface area (Å²) in [7, 11) is -2.72. The van der Waals surface area contributed by atoms with Crippen molar-refractivity contribution >= 4 is 23.4 Å². The Morgan fingerprint density at radius 1 is 1.10 bits per heavy atom. The van der Waals surface area contributed by atoms with Crippen LogP contribution in [0, 0.1) is 0 Å². The number of hydrogen-bond donors (Lipinski definition) is 1. The summed E-state index contributed by atoms with van der Waals surface area (Å²) < 4.78 is 19.2. The molecule has 1 unspecified atom stereocenters. The van der Waals surface area contributed by atoms with E-state index in [2.05, 4.69) is 13.8 Å². The van der Waals surface area contributed by atoms with E-state index in [-0.39, 0.29) is 5.92 Å². The molecule has 1 heterocycles. The van der Waals surface area contributed by atoms with Crippen LogP contribution < -0.4 is 21.1 Å². The van der Waals surface area contributed by atoms with Crippen molar-refractivity contribution in [2.24, 2.45) is 0 Å². The first-order valence-corrected chi connectivity index (χ1v) is 8.86. The van der Waals surface area contributed by atoms with Gasteiger partial charge in [0, 0.05) is 5.69 Å². The summed E-state index contributed by atoms with van der Waals surface area (Å²) in [6.07, 6.45) is 0. The van der Waals surface area contributed by atoms with Crippen molar-refractivity contribution < 1.29 is 9.30 Å². The summed E-state index contributed by atoms with van der Waals surface area (Å²) in [6, 6.07) is 11.3. The topological polar surface area (TPSA) is 52.3 Å². The molecule has 3 rings (SSSR count). The Morgan fingerprint density at radius 2 is 1.80 bits per heavy atom. The van der Waals surface area contributed by atoms with Crippen LogP contribution >= 0.6 is 7.14 Å². The number of anilines is 1. The van der Waals surface area contributed by atoms with Crippen molar-refractivity contribution in [1.29, 1.82) is 0 Å². The number of hydrogen-bond acceptors (Lipinski definition) is 3. The third-order valence-electron chi connectivity index (χ3n) is 3.81. The molecule has 0 spiro atoms. The van der Waals surface area contributed by atoms with Crippen LogP contribution in [-0.4, -0.2) is 6.66 Å². The number of fused-ring (bicyclic) bond motifs is 2. The lowest BCUT2D eigenvalue weighted by atomic mass is 10.0. The third kappa shape index (κ3) is 1.77. The van der Waals surface area contributed by atoms with E-state index < -0.39 is 7.14 Å². The maximum absolute atomic E-state index is 13.3. The average molecular weight is 287 g/mol. The van der Waals surface area contributed by atoms with Gasteiger partial charge < -0.3 is 15.0 Å². The van der Waals surface area contributed by atoms with Gasteiger partial charge in [0.1, 0.15) is 18.6 Å². The van der Waals surface area contributed by atoms with Gasteiger partial charge in [-0.1, -0.05) is 32.0 Å². The maximum Gasteiger partial charge on any atom is 0.149 e. The fraction of sp³-hybridized carbons (Fsp3) is 0.250. The van der Waals surface area contributed by atoms with Crippen molar-refractivity contribution in [1.82, 2.24) is 0 Å². The average Bonchev–Trinajstić information content (AvgIpc) is 2.38. The molecule has 1 atom stereocenters. The van der Waals surface area contributed by atoms with Gasteiger partial charge in [-0.25, -0.2) is 0 Å². The minimum Gasteiger partial charge on any atom is -0.456 e. The number of para-hydroxylation sites is 1. The molecule has 0 fully saturated rings. The van der Waals surface area contributed by atoms with Crippen LogP contribution in [0.15, 0.2) is 36.4 Å². The van der Waals surface area contributed by atoms with Crippen molar-refractivity contribution in [3.63, 3.8) is 0 Å². The maximum atomic E-state index is 13.3. The van der Waals surface area contributed by atoms with Gasteiger partial charge in [0.25, 0.3) is 0 Å². The molecule has 2 aromatic carbocycles. The fourth-order valence-corrected chi connectivity index (χ4v) is 5.05. The molecule has 3 nitrogen and oxygen atoms in total. The SMILES string of the molecule is CC(C)c1ccc2c(c1N)P(C)(=O)c1ccccc1O2. The van der Waals surface area contributed by atoms with E-state index in [1.165, 1.54) is 0 Å². The van der Waals surface area contributed by atoms with E-state index in [0.717, 1.165) is 10.9 Å². The van der Waals surface area contributed by atoms with Crippen LogP contribution in [0.3, 0.4) is 0 Å².